The highest BCUT2D eigenvalue weighted by molar-refractivity contribution is 5.78. The topological polar surface area (TPSA) is 68.5 Å². The lowest BCUT2D eigenvalue weighted by Crippen LogP contribution is -2.42. The van der Waals surface area contributed by atoms with Crippen molar-refractivity contribution < 1.29 is 14.1 Å². The van der Waals surface area contributed by atoms with Crippen LogP contribution in [0.5, 0.6) is 0 Å². The highest BCUT2D eigenvalue weighted by Crippen LogP contribution is 2.38. The van der Waals surface area contributed by atoms with Crippen LogP contribution in [0, 0.1) is 5.92 Å². The Labute approximate surface area is 131 Å². The number of hydrogen-bond acceptors (Lipinski definition) is 5. The van der Waals surface area contributed by atoms with Crippen molar-refractivity contribution >= 4 is 5.91 Å². The minimum atomic E-state index is 0.0800. The molecule has 6 heteroatoms. The molecule has 122 valence electrons. The lowest BCUT2D eigenvalue weighted by atomic mass is 10.1. The molecule has 2 heterocycles. The van der Waals surface area contributed by atoms with Crippen LogP contribution < -0.4 is 0 Å². The van der Waals surface area contributed by atoms with Gasteiger partial charge in [0, 0.05) is 31.3 Å². The number of ether oxygens (including phenoxy) is 1. The molecule has 1 aromatic rings. The molecule has 2 aliphatic rings. The van der Waals surface area contributed by atoms with Crippen molar-refractivity contribution in [3.63, 3.8) is 0 Å². The third-order valence-corrected chi connectivity index (χ3v) is 4.34. The van der Waals surface area contributed by atoms with Gasteiger partial charge in [0.1, 0.15) is 0 Å². The zero-order chi connectivity index (χ0) is 15.5. The number of amides is 1. The molecule has 1 aliphatic carbocycles. The molecule has 1 aliphatic heterocycles. The van der Waals surface area contributed by atoms with E-state index in [0.29, 0.717) is 18.9 Å². The Hall–Kier alpha value is -1.43. The summed E-state index contributed by atoms with van der Waals surface area (Å²) in [6.45, 7) is 6.12. The Morgan fingerprint density at radius 2 is 2.05 bits per heavy atom. The number of carbonyl (C=O) groups excluding carboxylic acids is 1. The van der Waals surface area contributed by atoms with Gasteiger partial charge in [-0.05, 0) is 25.7 Å². The maximum absolute atomic E-state index is 11.9. The molecular weight excluding hydrogens is 282 g/mol. The highest BCUT2D eigenvalue weighted by atomic mass is 16.5. The molecule has 1 aromatic heterocycles. The summed E-state index contributed by atoms with van der Waals surface area (Å²) in [5.41, 5.74) is 0. The standard InChI is InChI=1S/C16H25N3O3/c1-11(2)16(20)19-8-5-13(6-9-19)21-10-7-14-17-15(22-18-14)12-3-4-12/h11-13H,3-10H2,1-2H3. The largest absolute Gasteiger partial charge is 0.378 e. The van der Waals surface area contributed by atoms with E-state index in [4.69, 9.17) is 9.26 Å². The average molecular weight is 307 g/mol. The Morgan fingerprint density at radius 1 is 1.32 bits per heavy atom. The van der Waals surface area contributed by atoms with Crippen molar-refractivity contribution in [3.8, 4) is 0 Å². The summed E-state index contributed by atoms with van der Waals surface area (Å²) < 4.78 is 11.1. The van der Waals surface area contributed by atoms with Gasteiger partial charge in [0.25, 0.3) is 0 Å². The number of likely N-dealkylation sites (tertiary alicyclic amines) is 1. The molecule has 0 unspecified atom stereocenters. The van der Waals surface area contributed by atoms with E-state index in [2.05, 4.69) is 10.1 Å². The smallest absolute Gasteiger partial charge is 0.229 e. The first-order valence-corrected chi connectivity index (χ1v) is 8.36. The summed E-state index contributed by atoms with van der Waals surface area (Å²) in [6.07, 6.45) is 5.11. The van der Waals surface area contributed by atoms with E-state index < -0.39 is 0 Å². The fourth-order valence-corrected chi connectivity index (χ4v) is 2.79. The second-order valence-corrected chi connectivity index (χ2v) is 6.62. The first-order chi connectivity index (χ1) is 10.6. The molecular formula is C16H25N3O3. The van der Waals surface area contributed by atoms with Gasteiger partial charge in [-0.1, -0.05) is 19.0 Å². The predicted molar refractivity (Wildman–Crippen MR) is 80.4 cm³/mol. The lowest BCUT2D eigenvalue weighted by molar-refractivity contribution is -0.137. The average Bonchev–Trinajstić information content (AvgIpc) is 3.27. The van der Waals surface area contributed by atoms with Crippen LogP contribution in [0.25, 0.3) is 0 Å². The fourth-order valence-electron chi connectivity index (χ4n) is 2.79. The maximum atomic E-state index is 11.9. The summed E-state index contributed by atoms with van der Waals surface area (Å²) in [5, 5.41) is 4.00. The second-order valence-electron chi connectivity index (χ2n) is 6.62. The zero-order valence-corrected chi connectivity index (χ0v) is 13.5. The maximum Gasteiger partial charge on any atom is 0.229 e. The molecule has 0 atom stereocenters. The van der Waals surface area contributed by atoms with Crippen LogP contribution in [0.1, 0.15) is 57.2 Å². The molecule has 2 fully saturated rings. The van der Waals surface area contributed by atoms with Crippen molar-refractivity contribution in [2.45, 2.75) is 58.0 Å². The SMILES string of the molecule is CC(C)C(=O)N1CCC(OCCc2noc(C3CC3)n2)CC1. The summed E-state index contributed by atoms with van der Waals surface area (Å²) in [5.74, 6) is 2.36. The molecule has 22 heavy (non-hydrogen) atoms. The molecule has 6 nitrogen and oxygen atoms in total. The van der Waals surface area contributed by atoms with Crippen LogP contribution in [-0.2, 0) is 16.0 Å². The normalized spacial score (nSPS) is 19.9. The van der Waals surface area contributed by atoms with E-state index in [1.165, 1.54) is 12.8 Å². The van der Waals surface area contributed by atoms with Gasteiger partial charge >= 0.3 is 0 Å². The van der Waals surface area contributed by atoms with Crippen molar-refractivity contribution in [2.75, 3.05) is 19.7 Å². The minimum Gasteiger partial charge on any atom is -0.378 e. The second kappa shape index (κ2) is 6.77. The molecule has 1 saturated carbocycles. The fraction of sp³-hybridized carbons (Fsp3) is 0.812. The quantitative estimate of drug-likeness (QED) is 0.805. The Bertz CT molecular complexity index is 502. The van der Waals surface area contributed by atoms with Crippen LogP contribution in [0.2, 0.25) is 0 Å². The molecule has 0 radical (unpaired) electrons. The summed E-state index contributed by atoms with van der Waals surface area (Å²) in [7, 11) is 0. The van der Waals surface area contributed by atoms with Crippen LogP contribution in [0.15, 0.2) is 4.52 Å². The monoisotopic (exact) mass is 307 g/mol. The first kappa shape index (κ1) is 15.5. The van der Waals surface area contributed by atoms with Crippen LogP contribution in [0.3, 0.4) is 0 Å². The van der Waals surface area contributed by atoms with Gasteiger partial charge in [0.2, 0.25) is 11.8 Å². The van der Waals surface area contributed by atoms with Crippen molar-refractivity contribution in [3.05, 3.63) is 11.7 Å². The Morgan fingerprint density at radius 3 is 2.68 bits per heavy atom. The molecule has 0 aromatic carbocycles. The number of carbonyl (C=O) groups is 1. The Kier molecular flexibility index (Phi) is 4.76. The molecule has 0 N–H and O–H groups in total. The van der Waals surface area contributed by atoms with E-state index in [0.717, 1.165) is 37.6 Å². The summed E-state index contributed by atoms with van der Waals surface area (Å²) in [6, 6.07) is 0. The zero-order valence-electron chi connectivity index (χ0n) is 13.5. The number of aromatic nitrogens is 2. The van der Waals surface area contributed by atoms with Gasteiger partial charge in [-0.25, -0.2) is 0 Å². The number of nitrogens with zero attached hydrogens (tertiary/aromatic N) is 3. The third-order valence-electron chi connectivity index (χ3n) is 4.34. The van der Waals surface area contributed by atoms with Gasteiger partial charge in [-0.2, -0.15) is 4.98 Å². The molecule has 0 spiro atoms. The number of piperidine rings is 1. The Balaban J connectivity index is 1.35. The highest BCUT2D eigenvalue weighted by Gasteiger charge is 2.29. The summed E-state index contributed by atoms with van der Waals surface area (Å²) >= 11 is 0. The van der Waals surface area contributed by atoms with Crippen LogP contribution in [0.4, 0.5) is 0 Å². The molecule has 1 amide bonds. The van der Waals surface area contributed by atoms with Gasteiger partial charge in [-0.3, -0.25) is 4.79 Å². The van der Waals surface area contributed by atoms with Crippen molar-refractivity contribution in [1.82, 2.24) is 15.0 Å². The van der Waals surface area contributed by atoms with E-state index in [-0.39, 0.29) is 17.9 Å². The summed E-state index contributed by atoms with van der Waals surface area (Å²) in [4.78, 5) is 18.3. The van der Waals surface area contributed by atoms with Gasteiger partial charge in [-0.15, -0.1) is 0 Å². The van der Waals surface area contributed by atoms with Gasteiger partial charge in [0.15, 0.2) is 5.82 Å². The van der Waals surface area contributed by atoms with Crippen LogP contribution >= 0.6 is 0 Å². The molecule has 1 saturated heterocycles. The van der Waals surface area contributed by atoms with Gasteiger partial charge < -0.3 is 14.2 Å². The van der Waals surface area contributed by atoms with E-state index in [1.807, 2.05) is 18.7 Å². The van der Waals surface area contributed by atoms with Crippen LogP contribution in [-0.4, -0.2) is 46.7 Å². The lowest BCUT2D eigenvalue weighted by Gasteiger charge is -2.33. The number of rotatable bonds is 6. The third kappa shape index (κ3) is 3.85. The van der Waals surface area contributed by atoms with Crippen molar-refractivity contribution in [1.29, 1.82) is 0 Å². The van der Waals surface area contributed by atoms with Crippen molar-refractivity contribution in [2.24, 2.45) is 5.92 Å². The van der Waals surface area contributed by atoms with Gasteiger partial charge in [0.05, 0.1) is 12.7 Å². The molecule has 0 bridgehead atoms. The van der Waals surface area contributed by atoms with E-state index in [1.54, 1.807) is 0 Å². The predicted octanol–water partition coefficient (Wildman–Crippen LogP) is 2.15. The number of hydrogen-bond donors (Lipinski definition) is 0. The minimum absolute atomic E-state index is 0.0800. The molecule has 3 rings (SSSR count). The first-order valence-electron chi connectivity index (χ1n) is 8.36. The van der Waals surface area contributed by atoms with E-state index in [9.17, 15) is 4.79 Å². The van der Waals surface area contributed by atoms with E-state index >= 15 is 0 Å².